The van der Waals surface area contributed by atoms with Crippen molar-refractivity contribution in [3.63, 3.8) is 0 Å². The number of nitrogens with one attached hydrogen (secondary N) is 1. The van der Waals surface area contributed by atoms with E-state index in [4.69, 9.17) is 5.73 Å². The maximum absolute atomic E-state index is 5.70. The average Bonchev–Trinajstić information content (AvgIpc) is 2.62. The molecular formula is C11H12IN3S. The van der Waals surface area contributed by atoms with Gasteiger partial charge < -0.3 is 5.73 Å². The topological polar surface area (TPSA) is 54.7 Å². The summed E-state index contributed by atoms with van der Waals surface area (Å²) in [5, 5.41) is 6.94. The van der Waals surface area contributed by atoms with Crippen molar-refractivity contribution in [2.75, 3.05) is 11.5 Å². The lowest BCUT2D eigenvalue weighted by atomic mass is 10.1. The molecular weight excluding hydrogens is 333 g/mol. The van der Waals surface area contributed by atoms with E-state index in [2.05, 4.69) is 64.0 Å². The second kappa shape index (κ2) is 5.09. The molecule has 3 N–H and O–H groups in total. The molecule has 2 rings (SSSR count). The van der Waals surface area contributed by atoms with Gasteiger partial charge in [-0.05, 0) is 40.5 Å². The monoisotopic (exact) mass is 345 g/mol. The van der Waals surface area contributed by atoms with E-state index < -0.39 is 0 Å². The molecule has 0 radical (unpaired) electrons. The van der Waals surface area contributed by atoms with Crippen LogP contribution in [0, 0.1) is 3.57 Å². The number of hydrogen-bond donors (Lipinski definition) is 2. The van der Waals surface area contributed by atoms with Gasteiger partial charge in [-0.2, -0.15) is 5.10 Å². The van der Waals surface area contributed by atoms with Crippen LogP contribution < -0.4 is 5.73 Å². The normalized spacial score (nSPS) is 10.6. The molecule has 1 aromatic heterocycles. The van der Waals surface area contributed by atoms with Crippen LogP contribution in [0.1, 0.15) is 6.92 Å². The van der Waals surface area contributed by atoms with Crippen LogP contribution >= 0.6 is 34.4 Å². The van der Waals surface area contributed by atoms with Crippen LogP contribution in [-0.2, 0) is 0 Å². The van der Waals surface area contributed by atoms with Crippen LogP contribution in [0.15, 0.2) is 29.2 Å². The lowest BCUT2D eigenvalue weighted by molar-refractivity contribution is 1.10. The summed E-state index contributed by atoms with van der Waals surface area (Å²) < 4.78 is 0.980. The molecule has 0 unspecified atom stereocenters. The first-order valence-corrected chi connectivity index (χ1v) is 7.01. The number of nitrogen functional groups attached to an aromatic ring is 1. The number of nitrogens with two attached hydrogens (primary N) is 1. The summed E-state index contributed by atoms with van der Waals surface area (Å²) in [7, 11) is 0. The molecule has 0 aliphatic heterocycles. The Hall–Kier alpha value is -0.690. The van der Waals surface area contributed by atoms with Gasteiger partial charge in [0.25, 0.3) is 0 Å². The van der Waals surface area contributed by atoms with Gasteiger partial charge in [0.1, 0.15) is 0 Å². The Labute approximate surface area is 112 Å². The molecule has 0 aliphatic carbocycles. The predicted octanol–water partition coefficient (Wildman–Crippen LogP) is 3.38. The van der Waals surface area contributed by atoms with Crippen molar-refractivity contribution in [3.8, 4) is 11.3 Å². The van der Waals surface area contributed by atoms with Crippen molar-refractivity contribution in [1.29, 1.82) is 0 Å². The van der Waals surface area contributed by atoms with Gasteiger partial charge in [0, 0.05) is 10.5 Å². The van der Waals surface area contributed by atoms with Gasteiger partial charge in [-0.15, -0.1) is 11.8 Å². The lowest BCUT2D eigenvalue weighted by Gasteiger charge is -2.01. The van der Waals surface area contributed by atoms with Gasteiger partial charge in [-0.3, -0.25) is 5.10 Å². The van der Waals surface area contributed by atoms with E-state index in [1.807, 2.05) is 11.8 Å². The molecule has 0 aliphatic rings. The summed E-state index contributed by atoms with van der Waals surface area (Å²) in [5.41, 5.74) is 7.81. The van der Waals surface area contributed by atoms with E-state index in [1.165, 1.54) is 4.90 Å². The number of thioether (sulfide) groups is 1. The molecule has 1 heterocycles. The third-order valence-electron chi connectivity index (χ3n) is 2.19. The molecule has 0 amide bonds. The second-order valence-electron chi connectivity index (χ2n) is 3.26. The third-order valence-corrected chi connectivity index (χ3v) is 4.17. The number of H-pyrrole nitrogens is 1. The zero-order valence-electron chi connectivity index (χ0n) is 8.83. The van der Waals surface area contributed by atoms with Gasteiger partial charge in [0.2, 0.25) is 0 Å². The summed E-state index contributed by atoms with van der Waals surface area (Å²) >= 11 is 4.04. The maximum atomic E-state index is 5.70. The number of anilines is 1. The van der Waals surface area contributed by atoms with Crippen LogP contribution in [0.5, 0.6) is 0 Å². The minimum Gasteiger partial charge on any atom is -0.381 e. The molecule has 3 nitrogen and oxygen atoms in total. The van der Waals surface area contributed by atoms with Crippen LogP contribution in [0.3, 0.4) is 0 Å². The Kier molecular flexibility index (Phi) is 3.75. The smallest absolute Gasteiger partial charge is 0.159 e. The van der Waals surface area contributed by atoms with Gasteiger partial charge in [-0.25, -0.2) is 0 Å². The van der Waals surface area contributed by atoms with Gasteiger partial charge in [0.15, 0.2) is 5.82 Å². The summed E-state index contributed by atoms with van der Waals surface area (Å²) in [6, 6.07) is 8.42. The molecule has 0 fully saturated rings. The first kappa shape index (κ1) is 11.8. The zero-order valence-corrected chi connectivity index (χ0v) is 11.8. The van der Waals surface area contributed by atoms with E-state index in [9.17, 15) is 0 Å². The summed E-state index contributed by atoms with van der Waals surface area (Å²) in [6.07, 6.45) is 0. The molecule has 0 spiro atoms. The van der Waals surface area contributed by atoms with E-state index >= 15 is 0 Å². The fourth-order valence-electron chi connectivity index (χ4n) is 1.42. The highest BCUT2D eigenvalue weighted by Gasteiger charge is 2.09. The Morgan fingerprint density at radius 1 is 1.38 bits per heavy atom. The van der Waals surface area contributed by atoms with Crippen molar-refractivity contribution in [2.24, 2.45) is 0 Å². The second-order valence-corrected chi connectivity index (χ2v) is 5.67. The van der Waals surface area contributed by atoms with Crippen molar-refractivity contribution >= 4 is 40.2 Å². The number of aromatic amines is 1. The van der Waals surface area contributed by atoms with Crippen molar-refractivity contribution in [3.05, 3.63) is 27.8 Å². The predicted molar refractivity (Wildman–Crippen MR) is 77.6 cm³/mol. The van der Waals surface area contributed by atoms with Crippen LogP contribution in [-0.4, -0.2) is 16.0 Å². The van der Waals surface area contributed by atoms with Gasteiger partial charge in [0.05, 0.1) is 9.26 Å². The maximum Gasteiger partial charge on any atom is 0.159 e. The highest BCUT2D eigenvalue weighted by atomic mass is 127. The summed E-state index contributed by atoms with van der Waals surface area (Å²) in [6.45, 7) is 2.15. The highest BCUT2D eigenvalue weighted by molar-refractivity contribution is 14.1. The van der Waals surface area contributed by atoms with E-state index in [1.54, 1.807) is 0 Å². The molecule has 0 saturated carbocycles. The molecule has 1 aromatic carbocycles. The van der Waals surface area contributed by atoms with Crippen molar-refractivity contribution in [1.82, 2.24) is 10.2 Å². The minimum atomic E-state index is 0.558. The Morgan fingerprint density at radius 2 is 2.06 bits per heavy atom. The largest absolute Gasteiger partial charge is 0.381 e. The Bertz CT molecular complexity index is 478. The SMILES string of the molecule is CCSc1ccc(-c2[nH]nc(N)c2I)cc1. The Balaban J connectivity index is 2.31. The molecule has 16 heavy (non-hydrogen) atoms. The summed E-state index contributed by atoms with van der Waals surface area (Å²) in [4.78, 5) is 1.29. The number of benzene rings is 1. The quantitative estimate of drug-likeness (QED) is 0.662. The minimum absolute atomic E-state index is 0.558. The summed E-state index contributed by atoms with van der Waals surface area (Å²) in [5.74, 6) is 1.65. The standard InChI is InChI=1S/C11H12IN3S/c1-2-16-8-5-3-7(4-6-8)10-9(12)11(13)15-14-10/h3-6H,2H2,1H3,(H3,13,14,15). The van der Waals surface area contributed by atoms with E-state index in [0.717, 1.165) is 20.6 Å². The third kappa shape index (κ3) is 2.35. The molecule has 0 atom stereocenters. The molecule has 5 heteroatoms. The van der Waals surface area contributed by atoms with Crippen molar-refractivity contribution < 1.29 is 0 Å². The number of halogens is 1. The average molecular weight is 345 g/mol. The van der Waals surface area contributed by atoms with Gasteiger partial charge >= 0.3 is 0 Å². The zero-order chi connectivity index (χ0) is 11.5. The highest BCUT2D eigenvalue weighted by Crippen LogP contribution is 2.28. The Morgan fingerprint density at radius 3 is 2.56 bits per heavy atom. The number of nitrogens with zero attached hydrogens (tertiary/aromatic N) is 1. The fraction of sp³-hybridized carbons (Fsp3) is 0.182. The van der Waals surface area contributed by atoms with Crippen LogP contribution in [0.2, 0.25) is 0 Å². The van der Waals surface area contributed by atoms with Crippen molar-refractivity contribution in [2.45, 2.75) is 11.8 Å². The van der Waals surface area contributed by atoms with Crippen LogP contribution in [0.25, 0.3) is 11.3 Å². The van der Waals surface area contributed by atoms with E-state index in [-0.39, 0.29) is 0 Å². The van der Waals surface area contributed by atoms with Gasteiger partial charge in [-0.1, -0.05) is 19.1 Å². The number of hydrogen-bond acceptors (Lipinski definition) is 3. The fourth-order valence-corrected chi connectivity index (χ4v) is 2.63. The first-order valence-electron chi connectivity index (χ1n) is 4.95. The van der Waals surface area contributed by atoms with Crippen LogP contribution in [0.4, 0.5) is 5.82 Å². The molecule has 2 aromatic rings. The molecule has 0 saturated heterocycles. The lowest BCUT2D eigenvalue weighted by Crippen LogP contribution is -1.86. The molecule has 0 bridgehead atoms. The number of rotatable bonds is 3. The molecule has 84 valence electrons. The number of aromatic nitrogens is 2. The van der Waals surface area contributed by atoms with E-state index in [0.29, 0.717) is 5.82 Å². The first-order chi connectivity index (χ1) is 7.72.